The van der Waals surface area contributed by atoms with Crippen molar-refractivity contribution in [2.75, 3.05) is 4.90 Å². The second-order valence-corrected chi connectivity index (χ2v) is 4.43. The van der Waals surface area contributed by atoms with Gasteiger partial charge in [-0.25, -0.2) is 14.9 Å². The first-order valence-corrected chi connectivity index (χ1v) is 6.03. The maximum Gasteiger partial charge on any atom is 0.267 e. The Morgan fingerprint density at radius 3 is 2.35 bits per heavy atom. The van der Waals surface area contributed by atoms with Crippen molar-refractivity contribution in [3.63, 3.8) is 0 Å². The van der Waals surface area contributed by atoms with Crippen molar-refractivity contribution in [1.82, 2.24) is 15.0 Å². The highest BCUT2D eigenvalue weighted by Crippen LogP contribution is 2.30. The summed E-state index contributed by atoms with van der Waals surface area (Å²) in [5.41, 5.74) is 1.39. The summed E-state index contributed by atoms with van der Waals surface area (Å²) in [5, 5.41) is 0.641. The van der Waals surface area contributed by atoms with Gasteiger partial charge in [0.25, 0.3) is 11.8 Å². The van der Waals surface area contributed by atoms with Crippen molar-refractivity contribution in [3.8, 4) is 0 Å². The van der Waals surface area contributed by atoms with Crippen molar-refractivity contribution in [3.05, 3.63) is 54.0 Å². The maximum atomic E-state index is 12.4. The Morgan fingerprint density at radius 1 is 0.950 bits per heavy atom. The highest BCUT2D eigenvalue weighted by molar-refractivity contribution is 6.35. The van der Waals surface area contributed by atoms with Gasteiger partial charge in [-0.3, -0.25) is 9.59 Å². The molecule has 0 unspecified atom stereocenters. The molecule has 0 saturated heterocycles. The number of imide groups is 1. The van der Waals surface area contributed by atoms with Crippen LogP contribution in [0, 0.1) is 0 Å². The number of H-pyrrole nitrogens is 1. The van der Waals surface area contributed by atoms with Gasteiger partial charge in [-0.2, -0.15) is 0 Å². The Kier molecular flexibility index (Phi) is 2.03. The van der Waals surface area contributed by atoms with E-state index in [1.807, 2.05) is 0 Å². The van der Waals surface area contributed by atoms with Crippen LogP contribution in [0.15, 0.2) is 42.9 Å². The topological polar surface area (TPSA) is 79.0 Å². The van der Waals surface area contributed by atoms with Gasteiger partial charge in [0.05, 0.1) is 16.5 Å². The Balaban J connectivity index is 1.95. The molecule has 0 bridgehead atoms. The Bertz CT molecular complexity index is 833. The van der Waals surface area contributed by atoms with Crippen molar-refractivity contribution in [2.45, 2.75) is 0 Å². The van der Waals surface area contributed by atoms with E-state index in [1.54, 1.807) is 36.5 Å². The lowest BCUT2D eigenvalue weighted by molar-refractivity contribution is 0.0925. The number of hydrogen-bond acceptors (Lipinski definition) is 4. The Morgan fingerprint density at radius 2 is 1.65 bits per heavy atom. The van der Waals surface area contributed by atoms with Crippen LogP contribution >= 0.6 is 0 Å². The van der Waals surface area contributed by atoms with E-state index in [1.165, 1.54) is 6.33 Å². The molecule has 0 saturated carbocycles. The molecule has 2 aromatic heterocycles. The van der Waals surface area contributed by atoms with Crippen LogP contribution in [-0.2, 0) is 0 Å². The average molecular weight is 264 g/mol. The van der Waals surface area contributed by atoms with Gasteiger partial charge in [-0.1, -0.05) is 12.1 Å². The molecule has 0 spiro atoms. The molecule has 6 heteroatoms. The summed E-state index contributed by atoms with van der Waals surface area (Å²) in [6.07, 6.45) is 3.03. The van der Waals surface area contributed by atoms with Crippen LogP contribution in [-0.4, -0.2) is 26.8 Å². The van der Waals surface area contributed by atoms with Crippen molar-refractivity contribution >= 4 is 28.7 Å². The average Bonchev–Trinajstić information content (AvgIpc) is 3.04. The lowest BCUT2D eigenvalue weighted by Gasteiger charge is -2.12. The van der Waals surface area contributed by atoms with Crippen LogP contribution in [0.1, 0.15) is 20.7 Å². The standard InChI is InChI=1S/C14H8N4O2/c19-13-8-3-1-2-4-9(8)14(20)18(13)12-10-5-6-15-11(10)16-7-17-12/h1-7H,(H,15,16,17). The van der Waals surface area contributed by atoms with Gasteiger partial charge in [-0.15, -0.1) is 0 Å². The first kappa shape index (κ1) is 10.9. The molecule has 0 fully saturated rings. The Labute approximate surface area is 113 Å². The zero-order chi connectivity index (χ0) is 13.7. The first-order chi connectivity index (χ1) is 9.77. The number of anilines is 1. The quantitative estimate of drug-likeness (QED) is 0.679. The number of nitrogens with one attached hydrogen (secondary N) is 1. The molecule has 20 heavy (non-hydrogen) atoms. The minimum absolute atomic E-state index is 0.308. The molecule has 0 radical (unpaired) electrons. The molecule has 1 aliphatic heterocycles. The monoisotopic (exact) mass is 264 g/mol. The molecular weight excluding hydrogens is 256 g/mol. The third-order valence-corrected chi connectivity index (χ3v) is 3.34. The van der Waals surface area contributed by atoms with Crippen molar-refractivity contribution in [1.29, 1.82) is 0 Å². The number of rotatable bonds is 1. The molecule has 1 aromatic carbocycles. The third-order valence-electron chi connectivity index (χ3n) is 3.34. The summed E-state index contributed by atoms with van der Waals surface area (Å²) in [4.78, 5) is 37.0. The molecule has 0 atom stereocenters. The summed E-state index contributed by atoms with van der Waals surface area (Å²) in [6, 6.07) is 8.50. The molecule has 96 valence electrons. The lowest BCUT2D eigenvalue weighted by atomic mass is 10.1. The number of aromatic amines is 1. The largest absolute Gasteiger partial charge is 0.346 e. The zero-order valence-electron chi connectivity index (χ0n) is 10.2. The fraction of sp³-hybridized carbons (Fsp3) is 0. The minimum Gasteiger partial charge on any atom is -0.346 e. The molecule has 2 amide bonds. The number of carbonyl (C=O) groups is 2. The predicted molar refractivity (Wildman–Crippen MR) is 71.5 cm³/mol. The van der Waals surface area contributed by atoms with Crippen LogP contribution in [0.5, 0.6) is 0 Å². The second-order valence-electron chi connectivity index (χ2n) is 4.43. The van der Waals surface area contributed by atoms with Crippen LogP contribution in [0.3, 0.4) is 0 Å². The molecule has 1 aliphatic rings. The van der Waals surface area contributed by atoms with Gasteiger partial charge in [0.1, 0.15) is 12.0 Å². The smallest absolute Gasteiger partial charge is 0.267 e. The highest BCUT2D eigenvalue weighted by atomic mass is 16.2. The van der Waals surface area contributed by atoms with E-state index in [9.17, 15) is 9.59 Å². The number of nitrogens with zero attached hydrogens (tertiary/aromatic N) is 3. The Hall–Kier alpha value is -3.02. The van der Waals surface area contributed by atoms with Gasteiger partial charge >= 0.3 is 0 Å². The van der Waals surface area contributed by atoms with Gasteiger partial charge in [0.2, 0.25) is 0 Å². The molecule has 3 aromatic rings. The summed E-state index contributed by atoms with van der Waals surface area (Å²) in [7, 11) is 0. The van der Waals surface area contributed by atoms with Crippen LogP contribution in [0.25, 0.3) is 11.0 Å². The van der Waals surface area contributed by atoms with E-state index >= 15 is 0 Å². The van der Waals surface area contributed by atoms with E-state index in [-0.39, 0.29) is 11.8 Å². The zero-order valence-corrected chi connectivity index (χ0v) is 10.2. The third kappa shape index (κ3) is 1.27. The van der Waals surface area contributed by atoms with Gasteiger partial charge in [0, 0.05) is 6.20 Å². The predicted octanol–water partition coefficient (Wildman–Crippen LogP) is 1.76. The molecule has 4 rings (SSSR count). The number of hydrogen-bond donors (Lipinski definition) is 1. The molecule has 0 aliphatic carbocycles. The summed E-state index contributed by atoms with van der Waals surface area (Å²) < 4.78 is 0. The summed E-state index contributed by atoms with van der Waals surface area (Å²) in [6.45, 7) is 0. The van der Waals surface area contributed by atoms with Crippen LogP contribution in [0.4, 0.5) is 5.82 Å². The second kappa shape index (κ2) is 3.74. The van der Waals surface area contributed by atoms with Crippen molar-refractivity contribution < 1.29 is 9.59 Å². The first-order valence-electron chi connectivity index (χ1n) is 6.03. The molecule has 1 N–H and O–H groups in total. The summed E-state index contributed by atoms with van der Waals surface area (Å²) >= 11 is 0. The number of fused-ring (bicyclic) bond motifs is 2. The van der Waals surface area contributed by atoms with Gasteiger partial charge in [0.15, 0.2) is 5.82 Å². The van der Waals surface area contributed by atoms with E-state index in [4.69, 9.17) is 0 Å². The van der Waals surface area contributed by atoms with Crippen LogP contribution < -0.4 is 4.90 Å². The number of carbonyl (C=O) groups excluding carboxylic acids is 2. The van der Waals surface area contributed by atoms with E-state index < -0.39 is 0 Å². The van der Waals surface area contributed by atoms with E-state index in [2.05, 4.69) is 15.0 Å². The normalized spacial score (nSPS) is 14.1. The van der Waals surface area contributed by atoms with E-state index in [0.29, 0.717) is 28.0 Å². The number of benzene rings is 1. The van der Waals surface area contributed by atoms with Crippen molar-refractivity contribution in [2.24, 2.45) is 0 Å². The van der Waals surface area contributed by atoms with E-state index in [0.717, 1.165) is 4.90 Å². The van der Waals surface area contributed by atoms with Gasteiger partial charge < -0.3 is 4.98 Å². The number of aromatic nitrogens is 3. The maximum absolute atomic E-state index is 12.4. The molecule has 3 heterocycles. The molecule has 6 nitrogen and oxygen atoms in total. The van der Waals surface area contributed by atoms with Gasteiger partial charge in [-0.05, 0) is 18.2 Å². The minimum atomic E-state index is -0.355. The SMILES string of the molecule is O=C1c2ccccc2C(=O)N1c1ncnc2[nH]ccc12. The number of amides is 2. The fourth-order valence-corrected chi connectivity index (χ4v) is 2.42. The fourth-order valence-electron chi connectivity index (χ4n) is 2.42. The molecular formula is C14H8N4O2. The lowest BCUT2D eigenvalue weighted by Crippen LogP contribution is -2.30. The summed E-state index contributed by atoms with van der Waals surface area (Å²) in [5.74, 6) is -0.402. The van der Waals surface area contributed by atoms with Crippen LogP contribution in [0.2, 0.25) is 0 Å². The highest BCUT2D eigenvalue weighted by Gasteiger charge is 2.38.